The third-order valence-electron chi connectivity index (χ3n) is 5.14. The molecule has 0 bridgehead atoms. The number of amides is 2. The van der Waals surface area contributed by atoms with Crippen LogP contribution in [0.15, 0.2) is 48.2 Å². The highest BCUT2D eigenvalue weighted by Crippen LogP contribution is 2.18. The lowest BCUT2D eigenvalue weighted by Crippen LogP contribution is -2.39. The van der Waals surface area contributed by atoms with Gasteiger partial charge in [-0.25, -0.2) is 9.48 Å². The fourth-order valence-electron chi connectivity index (χ4n) is 3.56. The Hall–Kier alpha value is -3.09. The van der Waals surface area contributed by atoms with Crippen LogP contribution in [0.1, 0.15) is 56.6 Å². The van der Waals surface area contributed by atoms with Crippen LogP contribution in [0.25, 0.3) is 5.69 Å². The van der Waals surface area contributed by atoms with E-state index in [-0.39, 0.29) is 12.0 Å². The molecule has 2 amide bonds. The Morgan fingerprint density at radius 1 is 1.19 bits per heavy atom. The van der Waals surface area contributed by atoms with Crippen molar-refractivity contribution >= 4 is 12.0 Å². The van der Waals surface area contributed by atoms with Crippen LogP contribution in [0.3, 0.4) is 0 Å². The predicted molar refractivity (Wildman–Crippen MR) is 120 cm³/mol. The number of carbonyl (C=O) groups excluding carboxylic acids is 2. The number of ether oxygens (including phenoxy) is 1. The van der Waals surface area contributed by atoms with Crippen LogP contribution >= 0.6 is 0 Å². The van der Waals surface area contributed by atoms with Gasteiger partial charge in [0.25, 0.3) is 5.91 Å². The third-order valence-corrected chi connectivity index (χ3v) is 5.14. The second kappa shape index (κ2) is 9.81. The van der Waals surface area contributed by atoms with E-state index in [1.54, 1.807) is 11.1 Å². The van der Waals surface area contributed by atoms with Gasteiger partial charge in [0, 0.05) is 19.6 Å². The van der Waals surface area contributed by atoms with Crippen LogP contribution in [0, 0.1) is 0 Å². The molecule has 1 N–H and O–H groups in total. The average Bonchev–Trinajstić information content (AvgIpc) is 3.18. The molecule has 0 saturated heterocycles. The highest BCUT2D eigenvalue weighted by molar-refractivity contribution is 5.95. The summed E-state index contributed by atoms with van der Waals surface area (Å²) in [6.45, 7) is 9.36. The van der Waals surface area contributed by atoms with E-state index in [1.165, 1.54) is 5.57 Å². The molecule has 1 aliphatic rings. The van der Waals surface area contributed by atoms with Crippen LogP contribution < -0.4 is 5.32 Å². The number of hydrogen-bond donors (Lipinski definition) is 1. The zero-order valence-electron chi connectivity index (χ0n) is 18.9. The van der Waals surface area contributed by atoms with Gasteiger partial charge in [0.15, 0.2) is 0 Å². The third kappa shape index (κ3) is 5.96. The predicted octanol–water partition coefficient (Wildman–Crippen LogP) is 4.12. The molecular weight excluding hydrogens is 392 g/mol. The zero-order chi connectivity index (χ0) is 22.4. The molecule has 0 unspecified atom stereocenters. The Balaban J connectivity index is 1.52. The largest absolute Gasteiger partial charge is 0.444 e. The Labute approximate surface area is 184 Å². The van der Waals surface area contributed by atoms with Crippen molar-refractivity contribution in [2.45, 2.75) is 52.6 Å². The molecule has 7 heteroatoms. The first kappa shape index (κ1) is 22.6. The summed E-state index contributed by atoms with van der Waals surface area (Å²) in [5.41, 5.74) is 3.21. The minimum absolute atomic E-state index is 0.106. The van der Waals surface area contributed by atoms with Crippen molar-refractivity contribution in [2.75, 3.05) is 19.6 Å². The molecule has 0 atom stereocenters. The van der Waals surface area contributed by atoms with Crippen LogP contribution in [0.4, 0.5) is 4.79 Å². The van der Waals surface area contributed by atoms with E-state index in [4.69, 9.17) is 4.74 Å². The van der Waals surface area contributed by atoms with E-state index >= 15 is 0 Å². The van der Waals surface area contributed by atoms with Gasteiger partial charge < -0.3 is 15.0 Å². The molecule has 31 heavy (non-hydrogen) atoms. The summed E-state index contributed by atoms with van der Waals surface area (Å²) in [5, 5.41) is 7.43. The molecule has 1 aromatic carbocycles. The van der Waals surface area contributed by atoms with Crippen LogP contribution in [-0.4, -0.2) is 51.9 Å². The molecule has 0 fully saturated rings. The number of nitrogens with zero attached hydrogens (tertiary/aromatic N) is 3. The minimum Gasteiger partial charge on any atom is -0.444 e. The van der Waals surface area contributed by atoms with Crippen LogP contribution in [-0.2, 0) is 11.2 Å². The smallest absolute Gasteiger partial charge is 0.410 e. The van der Waals surface area contributed by atoms with Crippen molar-refractivity contribution in [3.05, 3.63) is 59.4 Å². The van der Waals surface area contributed by atoms with Crippen molar-refractivity contribution in [3.8, 4) is 5.69 Å². The van der Waals surface area contributed by atoms with Crippen molar-refractivity contribution in [3.63, 3.8) is 0 Å². The second-order valence-corrected chi connectivity index (χ2v) is 8.65. The molecular formula is C24H32N4O3. The molecule has 166 valence electrons. The van der Waals surface area contributed by atoms with Gasteiger partial charge in [-0.2, -0.15) is 5.10 Å². The number of para-hydroxylation sites is 1. The Bertz CT molecular complexity index is 941. The quantitative estimate of drug-likeness (QED) is 0.708. The van der Waals surface area contributed by atoms with Gasteiger partial charge >= 0.3 is 6.09 Å². The second-order valence-electron chi connectivity index (χ2n) is 8.65. The van der Waals surface area contributed by atoms with E-state index < -0.39 is 5.60 Å². The van der Waals surface area contributed by atoms with Crippen molar-refractivity contribution in [1.29, 1.82) is 0 Å². The molecule has 0 radical (unpaired) electrons. The lowest BCUT2D eigenvalue weighted by atomic mass is 10.0. The number of aromatic nitrogens is 2. The topological polar surface area (TPSA) is 76.5 Å². The first-order valence-electron chi connectivity index (χ1n) is 10.8. The van der Waals surface area contributed by atoms with Crippen molar-refractivity contribution in [2.24, 2.45) is 0 Å². The standard InChI is InChI=1S/C24H32N4O3/c1-5-21-20(17-26-28(21)19-9-7-6-8-10-19)22(29)25-14-11-18-12-15-27(16-13-18)23(30)31-24(2,3)4/h6-10,12,17H,5,11,13-16H2,1-4H3,(H,25,29). The van der Waals surface area contributed by atoms with Gasteiger partial charge in [-0.15, -0.1) is 0 Å². The summed E-state index contributed by atoms with van der Waals surface area (Å²) in [6, 6.07) is 9.82. The molecule has 7 nitrogen and oxygen atoms in total. The Morgan fingerprint density at radius 3 is 2.55 bits per heavy atom. The highest BCUT2D eigenvalue weighted by atomic mass is 16.6. The molecule has 1 aromatic heterocycles. The monoisotopic (exact) mass is 424 g/mol. The van der Waals surface area contributed by atoms with Gasteiger partial charge in [-0.1, -0.05) is 36.8 Å². The Morgan fingerprint density at radius 2 is 1.94 bits per heavy atom. The lowest BCUT2D eigenvalue weighted by Gasteiger charge is -2.29. The number of rotatable bonds is 6. The van der Waals surface area contributed by atoms with E-state index in [2.05, 4.69) is 16.5 Å². The highest BCUT2D eigenvalue weighted by Gasteiger charge is 2.23. The summed E-state index contributed by atoms with van der Waals surface area (Å²) in [5.74, 6) is -0.106. The lowest BCUT2D eigenvalue weighted by molar-refractivity contribution is 0.0265. The SMILES string of the molecule is CCc1c(C(=O)NCCC2=CCN(C(=O)OC(C)(C)C)CC2)cnn1-c1ccccc1. The fraction of sp³-hybridized carbons (Fsp3) is 0.458. The molecule has 1 aliphatic heterocycles. The zero-order valence-corrected chi connectivity index (χ0v) is 18.9. The van der Waals surface area contributed by atoms with Gasteiger partial charge in [0.2, 0.25) is 0 Å². The maximum atomic E-state index is 12.7. The summed E-state index contributed by atoms with van der Waals surface area (Å²) >= 11 is 0. The van der Waals surface area contributed by atoms with E-state index in [9.17, 15) is 9.59 Å². The summed E-state index contributed by atoms with van der Waals surface area (Å²) in [4.78, 5) is 26.6. The molecule has 2 heterocycles. The van der Waals surface area contributed by atoms with E-state index in [1.807, 2.05) is 62.7 Å². The maximum Gasteiger partial charge on any atom is 0.410 e. The van der Waals surface area contributed by atoms with Crippen molar-refractivity contribution in [1.82, 2.24) is 20.0 Å². The van der Waals surface area contributed by atoms with Gasteiger partial charge in [-0.3, -0.25) is 4.79 Å². The van der Waals surface area contributed by atoms with E-state index in [0.29, 0.717) is 31.6 Å². The number of carbonyl (C=O) groups is 2. The van der Waals surface area contributed by atoms with Gasteiger partial charge in [0.1, 0.15) is 5.60 Å². The fourth-order valence-corrected chi connectivity index (χ4v) is 3.56. The summed E-state index contributed by atoms with van der Waals surface area (Å²) < 4.78 is 7.25. The number of hydrogen-bond acceptors (Lipinski definition) is 4. The molecule has 3 rings (SSSR count). The van der Waals surface area contributed by atoms with Gasteiger partial charge in [-0.05, 0) is 52.2 Å². The first-order chi connectivity index (χ1) is 14.8. The van der Waals surface area contributed by atoms with Gasteiger partial charge in [0.05, 0.1) is 23.1 Å². The average molecular weight is 425 g/mol. The normalized spacial score (nSPS) is 14.2. The molecule has 2 aromatic rings. The summed E-state index contributed by atoms with van der Waals surface area (Å²) in [7, 11) is 0. The number of benzene rings is 1. The molecule has 0 spiro atoms. The van der Waals surface area contributed by atoms with E-state index in [0.717, 1.165) is 24.2 Å². The van der Waals surface area contributed by atoms with Crippen LogP contribution in [0.5, 0.6) is 0 Å². The maximum absolute atomic E-state index is 12.7. The summed E-state index contributed by atoms with van der Waals surface area (Å²) in [6.07, 6.45) is 5.69. The first-order valence-corrected chi connectivity index (χ1v) is 10.8. The minimum atomic E-state index is -0.489. The van der Waals surface area contributed by atoms with Crippen LogP contribution in [0.2, 0.25) is 0 Å². The Kier molecular flexibility index (Phi) is 7.15. The van der Waals surface area contributed by atoms with Crippen molar-refractivity contribution < 1.29 is 14.3 Å². The molecule has 0 saturated carbocycles. The number of nitrogens with one attached hydrogen (secondary N) is 1. The molecule has 0 aliphatic carbocycles.